The SMILES string of the molecule is CCCCC(CC)(CO)C(O)[P+](O)(O)Oc1c(C(C)(C)C)cc(C(C)(C)C)cc1C(C)(C)C. The smallest absolute Gasteiger partial charge is 0.396 e. The summed E-state index contributed by atoms with van der Waals surface area (Å²) in [6.45, 7) is 22.5. The van der Waals surface area contributed by atoms with E-state index in [-0.39, 0.29) is 22.9 Å². The monoisotopic (exact) mass is 485 g/mol. The van der Waals surface area contributed by atoms with Gasteiger partial charge in [-0.25, -0.2) is 0 Å². The summed E-state index contributed by atoms with van der Waals surface area (Å²) >= 11 is 0. The van der Waals surface area contributed by atoms with Gasteiger partial charge in [0.05, 0.1) is 12.0 Å². The summed E-state index contributed by atoms with van der Waals surface area (Å²) < 4.78 is 6.10. The van der Waals surface area contributed by atoms with E-state index in [4.69, 9.17) is 4.52 Å². The number of hydrogen-bond donors (Lipinski definition) is 4. The Kier molecular flexibility index (Phi) is 9.65. The van der Waals surface area contributed by atoms with Gasteiger partial charge in [-0.3, -0.25) is 4.52 Å². The van der Waals surface area contributed by atoms with Crippen molar-refractivity contribution in [2.45, 2.75) is 124 Å². The van der Waals surface area contributed by atoms with Crippen LogP contribution in [0.3, 0.4) is 0 Å². The molecule has 0 spiro atoms. The first-order valence-electron chi connectivity index (χ1n) is 12.3. The van der Waals surface area contributed by atoms with Crippen LogP contribution in [0.4, 0.5) is 0 Å². The lowest BCUT2D eigenvalue weighted by atomic mass is 9.75. The van der Waals surface area contributed by atoms with Crippen LogP contribution in [0.25, 0.3) is 0 Å². The lowest BCUT2D eigenvalue weighted by Gasteiger charge is -2.37. The van der Waals surface area contributed by atoms with E-state index in [0.29, 0.717) is 18.6 Å². The number of aliphatic hydroxyl groups is 2. The van der Waals surface area contributed by atoms with Gasteiger partial charge in [-0.2, -0.15) is 9.79 Å². The Morgan fingerprint density at radius 2 is 1.30 bits per heavy atom. The van der Waals surface area contributed by atoms with Gasteiger partial charge in [-0.15, -0.1) is 0 Å². The van der Waals surface area contributed by atoms with Crippen molar-refractivity contribution in [3.8, 4) is 5.75 Å². The molecule has 0 saturated carbocycles. The second-order valence-electron chi connectivity index (χ2n) is 12.7. The van der Waals surface area contributed by atoms with Crippen molar-refractivity contribution in [1.82, 2.24) is 0 Å². The highest BCUT2D eigenvalue weighted by Crippen LogP contribution is 2.63. The van der Waals surface area contributed by atoms with Crippen molar-refractivity contribution in [3.63, 3.8) is 0 Å². The molecule has 0 bridgehead atoms. The fourth-order valence-corrected chi connectivity index (χ4v) is 5.78. The summed E-state index contributed by atoms with van der Waals surface area (Å²) in [5, 5.41) is 21.4. The molecule has 0 amide bonds. The van der Waals surface area contributed by atoms with Crippen LogP contribution in [-0.2, 0) is 16.2 Å². The summed E-state index contributed by atoms with van der Waals surface area (Å²) in [4.78, 5) is 22.5. The van der Waals surface area contributed by atoms with Gasteiger partial charge in [-0.05, 0) is 34.7 Å². The first-order valence-corrected chi connectivity index (χ1v) is 14.0. The standard InChI is InChI=1S/C27H50O5P/c1-12-14-15-27(13-2,18-28)23(29)33(30,31)32-22-20(25(6,7)8)16-19(24(3,4)5)17-21(22)26(9,10)11/h16-17,23,28-31H,12-15,18H2,1-11H3/q+1. The van der Waals surface area contributed by atoms with Gasteiger partial charge in [0, 0.05) is 11.1 Å². The molecule has 1 aromatic rings. The van der Waals surface area contributed by atoms with Gasteiger partial charge < -0.3 is 10.2 Å². The summed E-state index contributed by atoms with van der Waals surface area (Å²) in [6.07, 6.45) is 2.56. The predicted molar refractivity (Wildman–Crippen MR) is 140 cm³/mol. The molecule has 6 heteroatoms. The zero-order valence-corrected chi connectivity index (χ0v) is 23.8. The summed E-state index contributed by atoms with van der Waals surface area (Å²) in [6, 6.07) is 4.18. The second-order valence-corrected chi connectivity index (χ2v) is 14.5. The predicted octanol–water partition coefficient (Wildman–Crippen LogP) is 6.60. The highest BCUT2D eigenvalue weighted by molar-refractivity contribution is 7.60. The van der Waals surface area contributed by atoms with E-state index in [1.807, 2.05) is 13.8 Å². The Morgan fingerprint density at radius 1 is 0.848 bits per heavy atom. The van der Waals surface area contributed by atoms with Crippen molar-refractivity contribution in [2.24, 2.45) is 5.41 Å². The fourth-order valence-electron chi connectivity index (χ4n) is 4.11. The summed E-state index contributed by atoms with van der Waals surface area (Å²) in [7, 11) is -4.30. The van der Waals surface area contributed by atoms with Crippen LogP contribution in [-0.4, -0.2) is 32.5 Å². The van der Waals surface area contributed by atoms with Gasteiger partial charge in [0.2, 0.25) is 0 Å². The van der Waals surface area contributed by atoms with E-state index in [1.54, 1.807) is 0 Å². The molecule has 4 N–H and O–H groups in total. The van der Waals surface area contributed by atoms with Gasteiger partial charge in [0.25, 0.3) is 5.85 Å². The van der Waals surface area contributed by atoms with Gasteiger partial charge in [0.15, 0.2) is 5.75 Å². The quantitative estimate of drug-likeness (QED) is 0.296. The molecule has 1 aromatic carbocycles. The fraction of sp³-hybridized carbons (Fsp3) is 0.778. The van der Waals surface area contributed by atoms with Crippen LogP contribution >= 0.6 is 7.94 Å². The molecule has 0 aromatic heterocycles. The molecule has 33 heavy (non-hydrogen) atoms. The highest BCUT2D eigenvalue weighted by Gasteiger charge is 2.59. The highest BCUT2D eigenvalue weighted by atomic mass is 31.2. The Labute approximate surface area is 203 Å². The topological polar surface area (TPSA) is 90.2 Å². The maximum absolute atomic E-state index is 11.2. The molecule has 0 aliphatic carbocycles. The van der Waals surface area contributed by atoms with Crippen LogP contribution < -0.4 is 4.52 Å². The van der Waals surface area contributed by atoms with Gasteiger partial charge >= 0.3 is 7.94 Å². The van der Waals surface area contributed by atoms with Crippen LogP contribution in [0.2, 0.25) is 0 Å². The van der Waals surface area contributed by atoms with Crippen LogP contribution in [0.1, 0.15) is 119 Å². The first-order chi connectivity index (χ1) is 14.8. The molecule has 5 nitrogen and oxygen atoms in total. The number of unbranched alkanes of at least 4 members (excludes halogenated alkanes) is 1. The number of benzene rings is 1. The Hall–Kier alpha value is -0.710. The van der Waals surface area contributed by atoms with Crippen LogP contribution in [0, 0.1) is 5.41 Å². The minimum absolute atomic E-state index is 0.100. The lowest BCUT2D eigenvalue weighted by Crippen LogP contribution is -2.41. The van der Waals surface area contributed by atoms with Crippen molar-refractivity contribution >= 4 is 7.94 Å². The molecule has 2 unspecified atom stereocenters. The average molecular weight is 486 g/mol. The third-order valence-corrected chi connectivity index (χ3v) is 8.35. The Balaban J connectivity index is 3.76. The van der Waals surface area contributed by atoms with Gasteiger partial charge in [0.1, 0.15) is 0 Å². The minimum atomic E-state index is -4.30. The summed E-state index contributed by atoms with van der Waals surface area (Å²) in [5.41, 5.74) is 1.11. The van der Waals surface area contributed by atoms with Crippen molar-refractivity contribution in [3.05, 3.63) is 28.8 Å². The van der Waals surface area contributed by atoms with Crippen molar-refractivity contribution in [2.75, 3.05) is 6.61 Å². The molecule has 0 radical (unpaired) electrons. The van der Waals surface area contributed by atoms with E-state index in [1.165, 1.54) is 0 Å². The molecule has 0 fully saturated rings. The molecule has 0 saturated heterocycles. The molecule has 192 valence electrons. The van der Waals surface area contributed by atoms with E-state index in [2.05, 4.69) is 74.4 Å². The van der Waals surface area contributed by atoms with Crippen molar-refractivity contribution in [1.29, 1.82) is 0 Å². The first kappa shape index (κ1) is 30.3. The molecular weight excluding hydrogens is 435 g/mol. The van der Waals surface area contributed by atoms with Crippen LogP contribution in [0.5, 0.6) is 5.75 Å². The number of rotatable bonds is 9. The molecule has 0 aliphatic heterocycles. The van der Waals surface area contributed by atoms with E-state index in [0.717, 1.165) is 29.5 Å². The lowest BCUT2D eigenvalue weighted by molar-refractivity contribution is -0.00120. The van der Waals surface area contributed by atoms with E-state index >= 15 is 0 Å². The third-order valence-electron chi connectivity index (χ3n) is 6.71. The van der Waals surface area contributed by atoms with Crippen molar-refractivity contribution < 1.29 is 24.5 Å². The molecule has 2 atom stereocenters. The Bertz CT molecular complexity index is 742. The maximum Gasteiger partial charge on any atom is 0.482 e. The zero-order chi connectivity index (χ0) is 26.0. The van der Waals surface area contributed by atoms with Gasteiger partial charge in [-0.1, -0.05) is 101 Å². The van der Waals surface area contributed by atoms with E-state index in [9.17, 15) is 20.0 Å². The second kappa shape index (κ2) is 10.5. The largest absolute Gasteiger partial charge is 0.482 e. The third kappa shape index (κ3) is 7.15. The molecule has 0 heterocycles. The summed E-state index contributed by atoms with van der Waals surface area (Å²) in [5.74, 6) is -1.15. The van der Waals surface area contributed by atoms with E-state index < -0.39 is 19.2 Å². The molecule has 0 aliphatic rings. The zero-order valence-electron chi connectivity index (χ0n) is 22.9. The average Bonchev–Trinajstić information content (AvgIpc) is 2.66. The number of hydrogen-bond acceptors (Lipinski definition) is 5. The number of aliphatic hydroxyl groups excluding tert-OH is 2. The Morgan fingerprint density at radius 3 is 1.61 bits per heavy atom. The normalized spacial score (nSPS) is 16.5. The van der Waals surface area contributed by atoms with Crippen LogP contribution in [0.15, 0.2) is 12.1 Å². The molecular formula is C27H50O5P+. The molecule has 1 rings (SSSR count). The minimum Gasteiger partial charge on any atom is -0.396 e. The maximum atomic E-state index is 11.2.